The van der Waals surface area contributed by atoms with E-state index in [1.54, 1.807) is 16.8 Å². The lowest BCUT2D eigenvalue weighted by atomic mass is 10.0. The zero-order valence-electron chi connectivity index (χ0n) is 14.3. The van der Waals surface area contributed by atoms with Gasteiger partial charge in [0.15, 0.2) is 0 Å². The summed E-state index contributed by atoms with van der Waals surface area (Å²) in [5.74, 6) is -0.426. The van der Waals surface area contributed by atoms with Crippen LogP contribution in [-0.2, 0) is 27.4 Å². The topological polar surface area (TPSA) is 90.0 Å². The van der Waals surface area contributed by atoms with Gasteiger partial charge >= 0.3 is 0 Å². The number of nitrogens with one attached hydrogen (secondary N) is 1. The average molecular weight is 345 g/mol. The van der Waals surface area contributed by atoms with Gasteiger partial charge in [0.1, 0.15) is 0 Å². The molecule has 2 N–H and O–H groups in total. The fourth-order valence-electron chi connectivity index (χ4n) is 3.48. The first-order valence-electron chi connectivity index (χ1n) is 8.50. The van der Waals surface area contributed by atoms with E-state index in [-0.39, 0.29) is 49.1 Å². The van der Waals surface area contributed by atoms with Gasteiger partial charge in [-0.1, -0.05) is 24.3 Å². The van der Waals surface area contributed by atoms with Gasteiger partial charge in [-0.2, -0.15) is 0 Å². The zero-order valence-corrected chi connectivity index (χ0v) is 14.3. The SMILES string of the molecule is CNC(=O)C1CC(=O)N(C2CN(C(=O)Cc3ccccc3CO)C2)C1. The minimum absolute atomic E-state index is 0.000748. The average Bonchev–Trinajstić information content (AvgIpc) is 2.95. The Bertz CT molecular complexity index is 685. The number of aliphatic hydroxyl groups excluding tert-OH is 1. The summed E-state index contributed by atoms with van der Waals surface area (Å²) in [5, 5.41) is 11.9. The molecule has 0 aromatic heterocycles. The second kappa shape index (κ2) is 7.23. The predicted octanol–water partition coefficient (Wildman–Crippen LogP) is -0.473. The predicted molar refractivity (Wildman–Crippen MR) is 90.3 cm³/mol. The van der Waals surface area contributed by atoms with Gasteiger partial charge < -0.3 is 20.2 Å². The fraction of sp³-hybridized carbons (Fsp3) is 0.500. The molecule has 3 amide bonds. The molecule has 134 valence electrons. The fourth-order valence-corrected chi connectivity index (χ4v) is 3.48. The van der Waals surface area contributed by atoms with Crippen molar-refractivity contribution in [2.45, 2.75) is 25.5 Å². The molecule has 25 heavy (non-hydrogen) atoms. The number of amides is 3. The molecule has 0 saturated carbocycles. The minimum atomic E-state index is -0.293. The molecule has 0 spiro atoms. The number of rotatable bonds is 5. The molecule has 0 aliphatic carbocycles. The maximum atomic E-state index is 12.4. The highest BCUT2D eigenvalue weighted by molar-refractivity contribution is 5.89. The molecule has 2 aliphatic rings. The summed E-state index contributed by atoms with van der Waals surface area (Å²) in [6.45, 7) is 1.35. The molecule has 2 fully saturated rings. The highest BCUT2D eigenvalue weighted by Gasteiger charge is 2.43. The number of likely N-dealkylation sites (tertiary alicyclic amines) is 2. The third kappa shape index (κ3) is 3.51. The monoisotopic (exact) mass is 345 g/mol. The van der Waals surface area contributed by atoms with Gasteiger partial charge in [0.2, 0.25) is 17.7 Å². The first-order chi connectivity index (χ1) is 12.0. The van der Waals surface area contributed by atoms with E-state index in [1.807, 2.05) is 24.3 Å². The largest absolute Gasteiger partial charge is 0.392 e. The van der Waals surface area contributed by atoms with Crippen molar-refractivity contribution in [3.63, 3.8) is 0 Å². The Morgan fingerprint density at radius 1 is 1.20 bits per heavy atom. The first kappa shape index (κ1) is 17.4. The molecule has 0 bridgehead atoms. The number of nitrogens with zero attached hydrogens (tertiary/aromatic N) is 2. The summed E-state index contributed by atoms with van der Waals surface area (Å²) in [4.78, 5) is 39.6. The number of benzene rings is 1. The number of hydrogen-bond donors (Lipinski definition) is 2. The lowest BCUT2D eigenvalue weighted by Gasteiger charge is -2.44. The number of hydrogen-bond acceptors (Lipinski definition) is 4. The summed E-state index contributed by atoms with van der Waals surface area (Å²) in [6, 6.07) is 7.34. The van der Waals surface area contributed by atoms with Crippen molar-refractivity contribution < 1.29 is 19.5 Å². The van der Waals surface area contributed by atoms with Crippen LogP contribution in [0.2, 0.25) is 0 Å². The van der Waals surface area contributed by atoms with Crippen LogP contribution in [0, 0.1) is 5.92 Å². The van der Waals surface area contributed by atoms with Crippen molar-refractivity contribution in [2.24, 2.45) is 5.92 Å². The van der Waals surface area contributed by atoms with Crippen molar-refractivity contribution in [3.8, 4) is 0 Å². The smallest absolute Gasteiger partial charge is 0.227 e. The molecule has 2 aliphatic heterocycles. The van der Waals surface area contributed by atoms with Crippen LogP contribution in [0.15, 0.2) is 24.3 Å². The van der Waals surface area contributed by atoms with E-state index in [0.29, 0.717) is 19.6 Å². The van der Waals surface area contributed by atoms with Crippen molar-refractivity contribution in [1.29, 1.82) is 0 Å². The highest BCUT2D eigenvalue weighted by atomic mass is 16.3. The van der Waals surface area contributed by atoms with Crippen molar-refractivity contribution >= 4 is 17.7 Å². The summed E-state index contributed by atoms with van der Waals surface area (Å²) in [6.07, 6.45) is 0.492. The van der Waals surface area contributed by atoms with E-state index in [2.05, 4.69) is 5.32 Å². The second-order valence-corrected chi connectivity index (χ2v) is 6.62. The zero-order chi connectivity index (χ0) is 18.0. The maximum Gasteiger partial charge on any atom is 0.227 e. The van der Waals surface area contributed by atoms with E-state index in [1.165, 1.54) is 0 Å². The van der Waals surface area contributed by atoms with Crippen LogP contribution in [-0.4, -0.2) is 65.4 Å². The number of carbonyl (C=O) groups excluding carboxylic acids is 3. The van der Waals surface area contributed by atoms with Crippen LogP contribution in [0.1, 0.15) is 17.5 Å². The second-order valence-electron chi connectivity index (χ2n) is 6.62. The summed E-state index contributed by atoms with van der Waals surface area (Å²) < 4.78 is 0. The van der Waals surface area contributed by atoms with Gasteiger partial charge in [-0.15, -0.1) is 0 Å². The Morgan fingerprint density at radius 3 is 2.52 bits per heavy atom. The quantitative estimate of drug-likeness (QED) is 0.755. The van der Waals surface area contributed by atoms with Crippen molar-refractivity contribution in [3.05, 3.63) is 35.4 Å². The summed E-state index contributed by atoms with van der Waals surface area (Å²) in [5.41, 5.74) is 1.59. The van der Waals surface area contributed by atoms with Crippen LogP contribution in [0.5, 0.6) is 0 Å². The number of aliphatic hydroxyl groups is 1. The van der Waals surface area contributed by atoms with E-state index in [9.17, 15) is 19.5 Å². The Balaban J connectivity index is 1.53. The Kier molecular flexibility index (Phi) is 5.03. The molecule has 7 nitrogen and oxygen atoms in total. The van der Waals surface area contributed by atoms with E-state index in [0.717, 1.165) is 11.1 Å². The van der Waals surface area contributed by atoms with Crippen LogP contribution < -0.4 is 5.32 Å². The number of carbonyl (C=O) groups is 3. The third-order valence-electron chi connectivity index (χ3n) is 5.06. The maximum absolute atomic E-state index is 12.4. The van der Waals surface area contributed by atoms with Crippen LogP contribution in [0.4, 0.5) is 0 Å². The first-order valence-corrected chi connectivity index (χ1v) is 8.50. The van der Waals surface area contributed by atoms with E-state index >= 15 is 0 Å². The van der Waals surface area contributed by atoms with Gasteiger partial charge in [-0.05, 0) is 11.1 Å². The van der Waals surface area contributed by atoms with E-state index in [4.69, 9.17) is 0 Å². The molecule has 1 atom stereocenters. The molecule has 2 heterocycles. The standard InChI is InChI=1S/C18H23N3O4/c1-19-18(25)14-7-17(24)21(8-14)15-9-20(10-15)16(23)6-12-4-2-3-5-13(12)11-22/h2-5,14-15,22H,6-11H2,1H3,(H,19,25). The minimum Gasteiger partial charge on any atom is -0.392 e. The molecular formula is C18H23N3O4. The molecule has 0 radical (unpaired) electrons. The lowest BCUT2D eigenvalue weighted by molar-refractivity contribution is -0.143. The molecular weight excluding hydrogens is 322 g/mol. The lowest BCUT2D eigenvalue weighted by Crippen LogP contribution is -2.61. The Morgan fingerprint density at radius 2 is 1.88 bits per heavy atom. The van der Waals surface area contributed by atoms with Crippen molar-refractivity contribution in [2.75, 3.05) is 26.7 Å². The highest BCUT2D eigenvalue weighted by Crippen LogP contribution is 2.25. The van der Waals surface area contributed by atoms with Gasteiger partial charge in [0.05, 0.1) is 25.0 Å². The Hall–Kier alpha value is -2.41. The summed E-state index contributed by atoms with van der Waals surface area (Å²) in [7, 11) is 1.57. The molecule has 3 rings (SSSR count). The normalized spacial score (nSPS) is 20.6. The molecule has 1 aromatic rings. The van der Waals surface area contributed by atoms with E-state index < -0.39 is 0 Å². The van der Waals surface area contributed by atoms with Gasteiger partial charge in [-0.3, -0.25) is 14.4 Å². The molecule has 1 aromatic carbocycles. The molecule has 2 saturated heterocycles. The van der Waals surface area contributed by atoms with Gasteiger partial charge in [0.25, 0.3) is 0 Å². The van der Waals surface area contributed by atoms with Crippen molar-refractivity contribution in [1.82, 2.24) is 15.1 Å². The Labute approximate surface area is 146 Å². The van der Waals surface area contributed by atoms with Gasteiger partial charge in [0, 0.05) is 33.1 Å². The van der Waals surface area contributed by atoms with Crippen LogP contribution >= 0.6 is 0 Å². The van der Waals surface area contributed by atoms with Gasteiger partial charge in [-0.25, -0.2) is 0 Å². The molecule has 7 heteroatoms. The molecule has 1 unspecified atom stereocenters. The van der Waals surface area contributed by atoms with Crippen LogP contribution in [0.3, 0.4) is 0 Å². The third-order valence-corrected chi connectivity index (χ3v) is 5.06. The van der Waals surface area contributed by atoms with Crippen LogP contribution in [0.25, 0.3) is 0 Å². The summed E-state index contributed by atoms with van der Waals surface area (Å²) >= 11 is 0.